The van der Waals surface area contributed by atoms with Crippen LogP contribution in [0.25, 0.3) is 0 Å². The third kappa shape index (κ3) is 2.89. The lowest BCUT2D eigenvalue weighted by Gasteiger charge is -2.15. The maximum atomic E-state index is 12.3. The average Bonchev–Trinajstić information content (AvgIpc) is 2.15. The van der Waals surface area contributed by atoms with Crippen molar-refractivity contribution in [3.05, 3.63) is 23.8 Å². The van der Waals surface area contributed by atoms with E-state index in [-0.39, 0.29) is 17.8 Å². The van der Waals surface area contributed by atoms with Crippen molar-refractivity contribution in [2.24, 2.45) is 5.73 Å². The molecule has 6 heteroatoms. The monoisotopic (exact) mass is 219 g/mol. The second-order valence-corrected chi connectivity index (χ2v) is 3.45. The fourth-order valence-electron chi connectivity index (χ4n) is 0.986. The minimum absolute atomic E-state index is 0.125. The predicted octanol–water partition coefficient (Wildman–Crippen LogP) is 1.95. The molecule has 2 atom stereocenters. The Morgan fingerprint density at radius 2 is 1.93 bits per heavy atom. The van der Waals surface area contributed by atoms with E-state index in [9.17, 15) is 13.2 Å². The second kappa shape index (κ2) is 4.14. The van der Waals surface area contributed by atoms with Gasteiger partial charge in [0.05, 0.1) is 0 Å². The first-order chi connectivity index (χ1) is 6.82. The Morgan fingerprint density at radius 1 is 1.33 bits per heavy atom. The van der Waals surface area contributed by atoms with E-state index in [0.29, 0.717) is 0 Å². The molecule has 0 aliphatic rings. The minimum Gasteiger partial charge on any atom is -0.327 e. The molecule has 0 aliphatic carbocycles. The summed E-state index contributed by atoms with van der Waals surface area (Å²) in [6.45, 7) is 3.40. The molecule has 0 amide bonds. The molecule has 1 aromatic rings. The van der Waals surface area contributed by atoms with Gasteiger partial charge in [0, 0.05) is 18.2 Å². The summed E-state index contributed by atoms with van der Waals surface area (Å²) < 4.78 is 36.9. The first kappa shape index (κ1) is 11.9. The number of hydrogen-bond acceptors (Lipinski definition) is 3. The summed E-state index contributed by atoms with van der Waals surface area (Å²) in [5.41, 5.74) is 4.64. The van der Waals surface area contributed by atoms with Crippen LogP contribution in [-0.2, 0) is 6.18 Å². The smallest absolute Gasteiger partial charge is 0.327 e. The van der Waals surface area contributed by atoms with Gasteiger partial charge in [-0.05, 0) is 13.0 Å². The summed E-state index contributed by atoms with van der Waals surface area (Å²) in [6, 6.07) is 0.561. The van der Waals surface area contributed by atoms with Gasteiger partial charge < -0.3 is 5.73 Å². The van der Waals surface area contributed by atoms with E-state index in [1.54, 1.807) is 13.8 Å². The molecule has 1 heterocycles. The SMILES string of the molecule is CC(N)C(C)c1nccc(C(F)(F)F)n1. The highest BCUT2D eigenvalue weighted by atomic mass is 19.4. The van der Waals surface area contributed by atoms with Gasteiger partial charge in [0.15, 0.2) is 0 Å². The summed E-state index contributed by atoms with van der Waals surface area (Å²) in [5.74, 6) is -0.174. The Balaban J connectivity index is 3.03. The molecule has 3 nitrogen and oxygen atoms in total. The van der Waals surface area contributed by atoms with E-state index in [2.05, 4.69) is 9.97 Å². The lowest BCUT2D eigenvalue weighted by molar-refractivity contribution is -0.141. The van der Waals surface area contributed by atoms with Crippen molar-refractivity contribution in [2.45, 2.75) is 32.0 Å². The van der Waals surface area contributed by atoms with Gasteiger partial charge in [0.25, 0.3) is 0 Å². The highest BCUT2D eigenvalue weighted by Gasteiger charge is 2.33. The predicted molar refractivity (Wildman–Crippen MR) is 49.1 cm³/mol. The molecule has 0 bridgehead atoms. The molecule has 0 spiro atoms. The second-order valence-electron chi connectivity index (χ2n) is 3.45. The van der Waals surface area contributed by atoms with Crippen molar-refractivity contribution in [1.29, 1.82) is 0 Å². The molecule has 15 heavy (non-hydrogen) atoms. The van der Waals surface area contributed by atoms with E-state index in [1.807, 2.05) is 0 Å². The van der Waals surface area contributed by atoms with Crippen LogP contribution in [0.5, 0.6) is 0 Å². The van der Waals surface area contributed by atoms with Gasteiger partial charge in [-0.15, -0.1) is 0 Å². The Labute approximate surface area is 85.5 Å². The zero-order valence-electron chi connectivity index (χ0n) is 8.42. The van der Waals surface area contributed by atoms with E-state index in [1.165, 1.54) is 0 Å². The van der Waals surface area contributed by atoms with Crippen molar-refractivity contribution in [3.8, 4) is 0 Å². The number of rotatable bonds is 2. The minimum atomic E-state index is -4.44. The Morgan fingerprint density at radius 3 is 2.40 bits per heavy atom. The lowest BCUT2D eigenvalue weighted by atomic mass is 10.0. The number of aromatic nitrogens is 2. The molecule has 0 radical (unpaired) electrons. The molecular weight excluding hydrogens is 207 g/mol. The fraction of sp³-hybridized carbons (Fsp3) is 0.556. The van der Waals surface area contributed by atoms with Crippen molar-refractivity contribution in [3.63, 3.8) is 0 Å². The number of nitrogens with two attached hydrogens (primary N) is 1. The third-order valence-corrected chi connectivity index (χ3v) is 2.16. The van der Waals surface area contributed by atoms with Crippen molar-refractivity contribution in [1.82, 2.24) is 9.97 Å². The van der Waals surface area contributed by atoms with Gasteiger partial charge >= 0.3 is 6.18 Å². The Hall–Kier alpha value is -1.17. The van der Waals surface area contributed by atoms with Crippen LogP contribution in [0.1, 0.15) is 31.3 Å². The quantitative estimate of drug-likeness (QED) is 0.827. The van der Waals surface area contributed by atoms with Crippen molar-refractivity contribution in [2.75, 3.05) is 0 Å². The number of alkyl halides is 3. The first-order valence-electron chi connectivity index (χ1n) is 4.48. The number of hydrogen-bond donors (Lipinski definition) is 1. The van der Waals surface area contributed by atoms with Crippen LogP contribution in [0, 0.1) is 0 Å². The van der Waals surface area contributed by atoms with Crippen molar-refractivity contribution >= 4 is 0 Å². The molecule has 0 saturated heterocycles. The van der Waals surface area contributed by atoms with E-state index in [0.717, 1.165) is 12.3 Å². The van der Waals surface area contributed by atoms with Gasteiger partial charge in [-0.3, -0.25) is 0 Å². The van der Waals surface area contributed by atoms with Gasteiger partial charge in [0.1, 0.15) is 11.5 Å². The third-order valence-electron chi connectivity index (χ3n) is 2.16. The highest BCUT2D eigenvalue weighted by molar-refractivity contribution is 5.09. The van der Waals surface area contributed by atoms with Gasteiger partial charge in [-0.2, -0.15) is 13.2 Å². The largest absolute Gasteiger partial charge is 0.433 e. The molecule has 0 aromatic carbocycles. The van der Waals surface area contributed by atoms with Gasteiger partial charge in [-0.25, -0.2) is 9.97 Å². The molecule has 0 fully saturated rings. The van der Waals surface area contributed by atoms with Gasteiger partial charge in [-0.1, -0.05) is 6.92 Å². The molecule has 1 rings (SSSR count). The standard InChI is InChI=1S/C9H12F3N3/c1-5(6(2)13)8-14-4-3-7(15-8)9(10,11)12/h3-6H,13H2,1-2H3. The number of halogens is 3. The summed E-state index contributed by atoms with van der Waals surface area (Å²) in [6.07, 6.45) is -3.33. The lowest BCUT2D eigenvalue weighted by Crippen LogP contribution is -2.25. The molecular formula is C9H12F3N3. The Kier molecular flexibility index (Phi) is 3.28. The molecule has 0 saturated carbocycles. The zero-order chi connectivity index (χ0) is 11.6. The molecule has 0 aliphatic heterocycles. The van der Waals surface area contributed by atoms with Gasteiger partial charge in [0.2, 0.25) is 0 Å². The summed E-state index contributed by atoms with van der Waals surface area (Å²) in [4.78, 5) is 7.23. The van der Waals surface area contributed by atoms with E-state index < -0.39 is 11.9 Å². The molecule has 2 N–H and O–H groups in total. The Bertz CT molecular complexity index is 336. The topological polar surface area (TPSA) is 51.8 Å². The van der Waals surface area contributed by atoms with Crippen LogP contribution in [0.15, 0.2) is 12.3 Å². The highest BCUT2D eigenvalue weighted by Crippen LogP contribution is 2.28. The molecule has 1 aromatic heterocycles. The van der Waals surface area contributed by atoms with Crippen LogP contribution in [-0.4, -0.2) is 16.0 Å². The van der Waals surface area contributed by atoms with E-state index >= 15 is 0 Å². The van der Waals surface area contributed by atoms with Crippen LogP contribution < -0.4 is 5.73 Å². The average molecular weight is 219 g/mol. The number of nitrogens with zero attached hydrogens (tertiary/aromatic N) is 2. The van der Waals surface area contributed by atoms with Crippen LogP contribution in [0.4, 0.5) is 13.2 Å². The van der Waals surface area contributed by atoms with Crippen LogP contribution >= 0.6 is 0 Å². The molecule has 2 unspecified atom stereocenters. The maximum Gasteiger partial charge on any atom is 0.433 e. The first-order valence-corrected chi connectivity index (χ1v) is 4.48. The van der Waals surface area contributed by atoms with E-state index in [4.69, 9.17) is 5.73 Å². The normalized spacial score (nSPS) is 16.1. The maximum absolute atomic E-state index is 12.3. The van der Waals surface area contributed by atoms with Crippen LogP contribution in [0.3, 0.4) is 0 Å². The zero-order valence-corrected chi connectivity index (χ0v) is 8.42. The van der Waals surface area contributed by atoms with Crippen LogP contribution in [0.2, 0.25) is 0 Å². The summed E-state index contributed by atoms with van der Waals surface area (Å²) >= 11 is 0. The van der Waals surface area contributed by atoms with Crippen molar-refractivity contribution < 1.29 is 13.2 Å². The summed E-state index contributed by atoms with van der Waals surface area (Å²) in [5, 5.41) is 0. The summed E-state index contributed by atoms with van der Waals surface area (Å²) in [7, 11) is 0. The molecule has 84 valence electrons. The fourth-order valence-corrected chi connectivity index (χ4v) is 0.986.